The van der Waals surface area contributed by atoms with Gasteiger partial charge in [-0.15, -0.1) is 11.8 Å². The van der Waals surface area contributed by atoms with Crippen LogP contribution in [0, 0.1) is 18.8 Å². The van der Waals surface area contributed by atoms with Crippen molar-refractivity contribution in [3.05, 3.63) is 33.8 Å². The first-order valence-electron chi connectivity index (χ1n) is 5.06. The lowest BCUT2D eigenvalue weighted by atomic mass is 10.0. The molecule has 1 aromatic rings. The fourth-order valence-electron chi connectivity index (χ4n) is 1.36. The maximum atomic E-state index is 6.07. The summed E-state index contributed by atoms with van der Waals surface area (Å²) in [6.45, 7) is 3.93. The standard InChI is InChI=1S/C13H16BrN/c1-3-4-5-6-13(15)11-8-7-10(2)12(14)9-11/h7-9,13H,5-6,15H2,1-2H3. The third-order valence-corrected chi connectivity index (χ3v) is 3.24. The molecular formula is C13H16BrN. The second-order valence-electron chi connectivity index (χ2n) is 3.58. The molecule has 1 rings (SSSR count). The molecule has 0 aromatic heterocycles. The van der Waals surface area contributed by atoms with Crippen molar-refractivity contribution in [3.63, 3.8) is 0 Å². The van der Waals surface area contributed by atoms with Crippen molar-refractivity contribution >= 4 is 15.9 Å². The molecule has 0 saturated heterocycles. The third kappa shape index (κ3) is 3.70. The Bertz CT molecular complexity index is 387. The van der Waals surface area contributed by atoms with Crippen molar-refractivity contribution in [1.29, 1.82) is 0 Å². The van der Waals surface area contributed by atoms with E-state index in [4.69, 9.17) is 5.73 Å². The highest BCUT2D eigenvalue weighted by atomic mass is 79.9. The van der Waals surface area contributed by atoms with Gasteiger partial charge in [0.2, 0.25) is 0 Å². The van der Waals surface area contributed by atoms with E-state index >= 15 is 0 Å². The van der Waals surface area contributed by atoms with Gasteiger partial charge in [-0.3, -0.25) is 0 Å². The molecule has 1 unspecified atom stereocenters. The van der Waals surface area contributed by atoms with E-state index in [1.165, 1.54) is 11.1 Å². The molecule has 0 aliphatic rings. The minimum Gasteiger partial charge on any atom is -0.324 e. The minimum atomic E-state index is 0.0859. The monoisotopic (exact) mass is 265 g/mol. The molecule has 80 valence electrons. The fraction of sp³-hybridized carbons (Fsp3) is 0.385. The number of nitrogens with two attached hydrogens (primary N) is 1. The Hall–Kier alpha value is -0.780. The average Bonchev–Trinajstić information content (AvgIpc) is 2.22. The van der Waals surface area contributed by atoms with Crippen molar-refractivity contribution in [1.82, 2.24) is 0 Å². The summed E-state index contributed by atoms with van der Waals surface area (Å²) >= 11 is 3.51. The Labute approximate surface area is 100 Å². The zero-order valence-corrected chi connectivity index (χ0v) is 10.8. The number of hydrogen-bond acceptors (Lipinski definition) is 1. The quantitative estimate of drug-likeness (QED) is 0.832. The molecule has 1 aromatic carbocycles. The van der Waals surface area contributed by atoms with Crippen LogP contribution in [0.4, 0.5) is 0 Å². The van der Waals surface area contributed by atoms with Gasteiger partial charge >= 0.3 is 0 Å². The van der Waals surface area contributed by atoms with Crippen LogP contribution in [0.15, 0.2) is 22.7 Å². The van der Waals surface area contributed by atoms with Gasteiger partial charge in [0.1, 0.15) is 0 Å². The van der Waals surface area contributed by atoms with E-state index in [1.54, 1.807) is 0 Å². The molecule has 15 heavy (non-hydrogen) atoms. The molecule has 0 heterocycles. The molecule has 0 bridgehead atoms. The molecule has 0 aliphatic heterocycles. The van der Waals surface area contributed by atoms with Crippen LogP contribution in [0.25, 0.3) is 0 Å². The van der Waals surface area contributed by atoms with Gasteiger partial charge < -0.3 is 5.73 Å². The van der Waals surface area contributed by atoms with Crippen LogP contribution in [0.2, 0.25) is 0 Å². The lowest BCUT2D eigenvalue weighted by Gasteiger charge is -2.11. The highest BCUT2D eigenvalue weighted by Crippen LogP contribution is 2.22. The maximum Gasteiger partial charge on any atom is 0.0304 e. The number of hydrogen-bond donors (Lipinski definition) is 1. The molecule has 1 atom stereocenters. The fourth-order valence-corrected chi connectivity index (χ4v) is 1.76. The molecule has 0 amide bonds. The molecule has 2 heteroatoms. The Kier molecular flexibility index (Phi) is 4.87. The summed E-state index contributed by atoms with van der Waals surface area (Å²) < 4.78 is 1.12. The SMILES string of the molecule is CC#CCCC(N)c1ccc(C)c(Br)c1. The van der Waals surface area contributed by atoms with Crippen molar-refractivity contribution in [2.45, 2.75) is 32.7 Å². The number of aryl methyl sites for hydroxylation is 1. The van der Waals surface area contributed by atoms with Crippen LogP contribution >= 0.6 is 15.9 Å². The van der Waals surface area contributed by atoms with Gasteiger partial charge in [0.05, 0.1) is 0 Å². The van der Waals surface area contributed by atoms with E-state index in [2.05, 4.69) is 52.9 Å². The van der Waals surface area contributed by atoms with Gasteiger partial charge in [-0.05, 0) is 37.5 Å². The molecule has 0 radical (unpaired) electrons. The van der Waals surface area contributed by atoms with Gasteiger partial charge in [0.25, 0.3) is 0 Å². The molecule has 2 N–H and O–H groups in total. The summed E-state index contributed by atoms with van der Waals surface area (Å²) in [5.74, 6) is 5.91. The van der Waals surface area contributed by atoms with Crippen molar-refractivity contribution in [2.24, 2.45) is 5.73 Å². The largest absolute Gasteiger partial charge is 0.324 e. The minimum absolute atomic E-state index is 0.0859. The first kappa shape index (κ1) is 12.3. The van der Waals surface area contributed by atoms with Crippen LogP contribution < -0.4 is 5.73 Å². The first-order valence-corrected chi connectivity index (χ1v) is 5.85. The lowest BCUT2D eigenvalue weighted by Crippen LogP contribution is -2.09. The normalized spacial score (nSPS) is 11.7. The molecule has 0 fully saturated rings. The van der Waals surface area contributed by atoms with Crippen LogP contribution in [0.1, 0.15) is 36.9 Å². The van der Waals surface area contributed by atoms with Crippen molar-refractivity contribution < 1.29 is 0 Å². The summed E-state index contributed by atoms with van der Waals surface area (Å²) in [7, 11) is 0. The number of halogens is 1. The zero-order valence-electron chi connectivity index (χ0n) is 9.18. The van der Waals surface area contributed by atoms with Crippen molar-refractivity contribution in [3.8, 4) is 11.8 Å². The highest BCUT2D eigenvalue weighted by Gasteiger charge is 2.06. The molecule has 0 aliphatic carbocycles. The predicted octanol–water partition coefficient (Wildman–Crippen LogP) is 3.56. The van der Waals surface area contributed by atoms with Gasteiger partial charge in [0.15, 0.2) is 0 Å². The summed E-state index contributed by atoms with van der Waals surface area (Å²) in [6.07, 6.45) is 1.78. The third-order valence-electron chi connectivity index (χ3n) is 2.38. The van der Waals surface area contributed by atoms with Crippen molar-refractivity contribution in [2.75, 3.05) is 0 Å². The van der Waals surface area contributed by atoms with Crippen LogP contribution in [0.5, 0.6) is 0 Å². The molecule has 0 saturated carbocycles. The average molecular weight is 266 g/mol. The first-order chi connectivity index (χ1) is 7.15. The van der Waals surface area contributed by atoms with E-state index < -0.39 is 0 Å². The van der Waals surface area contributed by atoms with E-state index in [0.717, 1.165) is 17.3 Å². The van der Waals surface area contributed by atoms with E-state index in [-0.39, 0.29) is 6.04 Å². The van der Waals surface area contributed by atoms with Crippen LogP contribution in [-0.2, 0) is 0 Å². The Balaban J connectivity index is 2.68. The second kappa shape index (κ2) is 5.95. The van der Waals surface area contributed by atoms with Gasteiger partial charge in [0, 0.05) is 16.9 Å². The van der Waals surface area contributed by atoms with Crippen LogP contribution in [-0.4, -0.2) is 0 Å². The summed E-state index contributed by atoms with van der Waals surface area (Å²) in [5.41, 5.74) is 8.47. The predicted molar refractivity (Wildman–Crippen MR) is 68.5 cm³/mol. The molecule has 0 spiro atoms. The van der Waals surface area contributed by atoms with E-state index in [0.29, 0.717) is 0 Å². The van der Waals surface area contributed by atoms with Crippen LogP contribution in [0.3, 0.4) is 0 Å². The Morgan fingerprint density at radius 2 is 2.20 bits per heavy atom. The summed E-state index contributed by atoms with van der Waals surface area (Å²) in [5, 5.41) is 0. The van der Waals surface area contributed by atoms with Gasteiger partial charge in [-0.1, -0.05) is 28.1 Å². The summed E-state index contributed by atoms with van der Waals surface area (Å²) in [4.78, 5) is 0. The Morgan fingerprint density at radius 1 is 1.47 bits per heavy atom. The number of rotatable bonds is 3. The van der Waals surface area contributed by atoms with Gasteiger partial charge in [-0.2, -0.15) is 0 Å². The lowest BCUT2D eigenvalue weighted by molar-refractivity contribution is 0.667. The van der Waals surface area contributed by atoms with E-state index in [9.17, 15) is 0 Å². The van der Waals surface area contributed by atoms with E-state index in [1.807, 2.05) is 6.92 Å². The molecule has 1 nitrogen and oxygen atoms in total. The second-order valence-corrected chi connectivity index (χ2v) is 4.43. The Morgan fingerprint density at radius 3 is 2.80 bits per heavy atom. The summed E-state index contributed by atoms with van der Waals surface area (Å²) in [6, 6.07) is 6.36. The van der Waals surface area contributed by atoms with Gasteiger partial charge in [-0.25, -0.2) is 0 Å². The smallest absolute Gasteiger partial charge is 0.0304 e. The molecular weight excluding hydrogens is 250 g/mol. The topological polar surface area (TPSA) is 26.0 Å². The maximum absolute atomic E-state index is 6.07. The number of benzene rings is 1. The highest BCUT2D eigenvalue weighted by molar-refractivity contribution is 9.10. The zero-order chi connectivity index (χ0) is 11.3.